The minimum absolute atomic E-state index is 0.00147. The van der Waals surface area contributed by atoms with Gasteiger partial charge in [0.15, 0.2) is 5.78 Å². The van der Waals surface area contributed by atoms with Gasteiger partial charge in [0.2, 0.25) is 5.91 Å². The monoisotopic (exact) mass is 730 g/mol. The van der Waals surface area contributed by atoms with Crippen LogP contribution in [0.4, 0.5) is 5.69 Å². The second-order valence-corrected chi connectivity index (χ2v) is 15.9. The normalized spacial score (nSPS) is 15.9. The highest BCUT2D eigenvalue weighted by atomic mass is 31.2. The number of nitrogens with zero attached hydrogens (tertiary/aromatic N) is 2. The SMILES string of the molecule is C[C@@H](O)[C@H]1C(=O)N(C(C(=O)OCc2ccc([N+](=O)[O-])cc2)=P(c2ccccc2)(c2ccccc2)c2ccccc2)[C@@H]1CC(=O)c1ccc(C(=O)O)cc1. The number of carboxylic acids is 1. The van der Waals surface area contributed by atoms with Crippen LogP contribution in [0.25, 0.3) is 0 Å². The molecule has 6 rings (SSSR count). The Kier molecular flexibility index (Phi) is 10.8. The van der Waals surface area contributed by atoms with E-state index in [0.717, 1.165) is 15.9 Å². The number of nitro benzene ring substituents is 1. The lowest BCUT2D eigenvalue weighted by molar-refractivity contribution is -0.384. The first-order chi connectivity index (χ1) is 25.5. The van der Waals surface area contributed by atoms with Gasteiger partial charge in [-0.1, -0.05) is 103 Å². The van der Waals surface area contributed by atoms with E-state index >= 15 is 0 Å². The topological polar surface area (TPSA) is 164 Å². The van der Waals surface area contributed by atoms with Gasteiger partial charge in [-0.05, 0) is 52.7 Å². The van der Waals surface area contributed by atoms with Crippen LogP contribution in [0.2, 0.25) is 0 Å². The number of β-lactam (4-membered cyclic amide) rings is 1. The van der Waals surface area contributed by atoms with E-state index in [-0.39, 0.29) is 35.3 Å². The summed E-state index contributed by atoms with van der Waals surface area (Å²) >= 11 is 0. The standard InChI is InChI=1S/C41H35N2O9P/c1-27(44)37-35(25-36(45)29-19-21-30(22-20-29)40(47)48)42(38(37)46)39(41(49)52-26-28-17-23-31(24-18-28)43(50)51)53(32-11-5-2-6-12-32,33-13-7-3-8-14-33)34-15-9-4-10-16-34/h2-24,27,35,37,44H,25-26H2,1H3,(H,47,48)/t27-,35-,37-/m1/s1. The number of non-ortho nitro benzene ring substituents is 1. The molecule has 1 aliphatic heterocycles. The molecular weight excluding hydrogens is 695 g/mol. The first kappa shape index (κ1) is 36.6. The predicted octanol–water partition coefficient (Wildman–Crippen LogP) is 4.94. The maximum absolute atomic E-state index is 15.0. The fourth-order valence-corrected chi connectivity index (χ4v) is 11.2. The molecule has 11 nitrogen and oxygen atoms in total. The third-order valence-electron chi connectivity index (χ3n) is 9.31. The lowest BCUT2D eigenvalue weighted by atomic mass is 9.79. The number of aromatic carboxylic acids is 1. The number of hydrogen-bond acceptors (Lipinski definition) is 8. The number of ether oxygens (including phenoxy) is 1. The fourth-order valence-electron chi connectivity index (χ4n) is 6.77. The molecule has 0 aliphatic carbocycles. The van der Waals surface area contributed by atoms with Gasteiger partial charge in [-0.3, -0.25) is 19.7 Å². The van der Waals surface area contributed by atoms with Crippen LogP contribution in [-0.4, -0.2) is 61.2 Å². The number of aliphatic hydroxyl groups excluding tert-OH is 1. The van der Waals surface area contributed by atoms with Gasteiger partial charge in [0.05, 0.1) is 28.6 Å². The van der Waals surface area contributed by atoms with Gasteiger partial charge >= 0.3 is 11.9 Å². The summed E-state index contributed by atoms with van der Waals surface area (Å²) in [5.41, 5.74) is 0.549. The van der Waals surface area contributed by atoms with Crippen molar-refractivity contribution in [3.05, 3.63) is 166 Å². The van der Waals surface area contributed by atoms with E-state index in [1.54, 1.807) is 0 Å². The van der Waals surface area contributed by atoms with Gasteiger partial charge in [-0.25, -0.2) is 9.59 Å². The highest BCUT2D eigenvalue weighted by molar-refractivity contribution is 7.96. The van der Waals surface area contributed by atoms with Crippen LogP contribution in [0, 0.1) is 16.0 Å². The smallest absolute Gasteiger partial charge is 0.356 e. The highest BCUT2D eigenvalue weighted by Gasteiger charge is 2.55. The first-order valence-electron chi connectivity index (χ1n) is 16.8. The number of carbonyl (C=O) groups is 4. The van der Waals surface area contributed by atoms with Crippen molar-refractivity contribution in [2.45, 2.75) is 32.1 Å². The number of benzene rings is 5. The molecule has 0 unspecified atom stereocenters. The zero-order valence-corrected chi connectivity index (χ0v) is 29.4. The molecule has 1 saturated heterocycles. The number of hydrogen-bond donors (Lipinski definition) is 2. The van der Waals surface area contributed by atoms with Crippen LogP contribution < -0.4 is 15.9 Å². The Hall–Kier alpha value is -6.16. The molecule has 1 aliphatic rings. The van der Waals surface area contributed by atoms with Crippen molar-refractivity contribution in [2.24, 2.45) is 5.92 Å². The molecule has 3 atom stereocenters. The molecule has 0 spiro atoms. The number of rotatable bonds is 13. The van der Waals surface area contributed by atoms with Crippen LogP contribution in [-0.2, 0) is 20.9 Å². The highest BCUT2D eigenvalue weighted by Crippen LogP contribution is 2.50. The number of carboxylic acid groups (broad SMARTS) is 1. The molecule has 5 aromatic carbocycles. The predicted molar refractivity (Wildman–Crippen MR) is 201 cm³/mol. The van der Waals surface area contributed by atoms with Crippen molar-refractivity contribution < 1.29 is 39.1 Å². The first-order valence-corrected chi connectivity index (χ1v) is 18.5. The number of nitro groups is 1. The summed E-state index contributed by atoms with van der Waals surface area (Å²) in [5, 5.41) is 33.7. The minimum atomic E-state index is -3.35. The molecule has 1 fully saturated rings. The maximum Gasteiger partial charge on any atom is 0.356 e. The number of likely N-dealkylation sites (tertiary alicyclic amines) is 1. The van der Waals surface area contributed by atoms with Crippen molar-refractivity contribution in [2.75, 3.05) is 0 Å². The van der Waals surface area contributed by atoms with Crippen molar-refractivity contribution in [3.63, 3.8) is 0 Å². The van der Waals surface area contributed by atoms with Crippen LogP contribution in [0.15, 0.2) is 140 Å². The third kappa shape index (κ3) is 7.17. The zero-order chi connectivity index (χ0) is 37.7. The van der Waals surface area contributed by atoms with Gasteiger partial charge in [-0.2, -0.15) is 0 Å². The van der Waals surface area contributed by atoms with Crippen molar-refractivity contribution in [1.29, 1.82) is 0 Å². The number of amides is 1. The maximum atomic E-state index is 15.0. The molecule has 0 aromatic heterocycles. The Morgan fingerprint density at radius 2 is 1.25 bits per heavy atom. The van der Waals surface area contributed by atoms with Crippen molar-refractivity contribution >= 4 is 57.5 Å². The van der Waals surface area contributed by atoms with Gasteiger partial charge < -0.3 is 19.8 Å². The lowest BCUT2D eigenvalue weighted by Gasteiger charge is -2.50. The van der Waals surface area contributed by atoms with E-state index in [4.69, 9.17) is 4.74 Å². The average molecular weight is 731 g/mol. The Morgan fingerprint density at radius 1 is 0.774 bits per heavy atom. The van der Waals surface area contributed by atoms with E-state index in [1.807, 2.05) is 91.0 Å². The van der Waals surface area contributed by atoms with Gasteiger partial charge in [0.25, 0.3) is 5.69 Å². The van der Waals surface area contributed by atoms with E-state index in [9.17, 15) is 39.5 Å². The molecule has 1 amide bonds. The van der Waals surface area contributed by atoms with Crippen molar-refractivity contribution in [1.82, 2.24) is 4.90 Å². The summed E-state index contributed by atoms with van der Waals surface area (Å²) < 4.78 is 6.02. The number of aliphatic hydroxyl groups is 1. The third-order valence-corrected chi connectivity index (χ3v) is 13.6. The van der Waals surface area contributed by atoms with Gasteiger partial charge in [-0.15, -0.1) is 0 Å². The second kappa shape index (κ2) is 15.6. The average Bonchev–Trinajstić information content (AvgIpc) is 3.17. The van der Waals surface area contributed by atoms with Crippen LogP contribution >= 0.6 is 6.89 Å². The molecule has 0 saturated carbocycles. The van der Waals surface area contributed by atoms with E-state index < -0.39 is 53.5 Å². The largest absolute Gasteiger partial charge is 0.478 e. The van der Waals surface area contributed by atoms with Crippen LogP contribution in [0.5, 0.6) is 0 Å². The minimum Gasteiger partial charge on any atom is -0.478 e. The second-order valence-electron chi connectivity index (χ2n) is 12.6. The number of carbonyl (C=O) groups excluding carboxylic acids is 3. The molecule has 0 radical (unpaired) electrons. The summed E-state index contributed by atoms with van der Waals surface area (Å²) in [5.74, 6) is -4.01. The van der Waals surface area contributed by atoms with E-state index in [0.29, 0.717) is 5.56 Å². The van der Waals surface area contributed by atoms with Gasteiger partial charge in [0, 0.05) is 31.0 Å². The number of Topliss-reactive ketones (excluding diaryl/α,β-unsaturated/α-hetero) is 1. The Bertz CT molecular complexity index is 2100. The molecule has 0 bridgehead atoms. The number of esters is 1. The summed E-state index contributed by atoms with van der Waals surface area (Å²) in [6.45, 7) is -2.17. The van der Waals surface area contributed by atoms with E-state index in [2.05, 4.69) is 0 Å². The van der Waals surface area contributed by atoms with Gasteiger partial charge in [0.1, 0.15) is 12.0 Å². The quantitative estimate of drug-likeness (QED) is 0.0427. The van der Waals surface area contributed by atoms with E-state index in [1.165, 1.54) is 60.4 Å². The Labute approximate surface area is 305 Å². The molecule has 12 heteroatoms. The number of ketones is 1. The molecule has 5 aromatic rings. The summed E-state index contributed by atoms with van der Waals surface area (Å²) in [4.78, 5) is 66.8. The fraction of sp³-hybridized carbons (Fsp3) is 0.146. The Morgan fingerprint density at radius 3 is 1.68 bits per heavy atom. The summed E-state index contributed by atoms with van der Waals surface area (Å²) in [6.07, 6.45) is -1.47. The van der Waals surface area contributed by atoms with Crippen molar-refractivity contribution in [3.8, 4) is 0 Å². The molecule has 53 heavy (non-hydrogen) atoms. The molecule has 2 N–H and O–H groups in total. The summed E-state index contributed by atoms with van der Waals surface area (Å²) in [6, 6.07) is 37.9. The Balaban J connectivity index is 1.59. The molecular formula is C41H35N2O9P. The zero-order valence-electron chi connectivity index (χ0n) is 28.5. The molecule has 268 valence electrons. The molecule has 1 heterocycles. The van der Waals surface area contributed by atoms with Crippen LogP contribution in [0.3, 0.4) is 0 Å². The van der Waals surface area contributed by atoms with Crippen LogP contribution in [0.1, 0.15) is 39.6 Å². The lowest BCUT2D eigenvalue weighted by Crippen LogP contribution is -2.68. The summed E-state index contributed by atoms with van der Waals surface area (Å²) in [7, 11) is 0.